The van der Waals surface area contributed by atoms with Crippen molar-refractivity contribution >= 4 is 30.0 Å². The van der Waals surface area contributed by atoms with E-state index in [1.807, 2.05) is 6.20 Å². The van der Waals surface area contributed by atoms with Gasteiger partial charge < -0.3 is 4.43 Å². The number of Topliss-reactive ketones (excluding diaryl/α,β-unsaturated/α-hetero) is 1. The summed E-state index contributed by atoms with van der Waals surface area (Å²) in [5.74, 6) is 0.598. The van der Waals surface area contributed by atoms with Gasteiger partial charge in [0, 0.05) is 18.8 Å². The number of nitrogens with zero attached hydrogens (tertiary/aromatic N) is 2. The molecule has 0 N–H and O–H groups in total. The van der Waals surface area contributed by atoms with Crippen molar-refractivity contribution in [2.24, 2.45) is 11.8 Å². The third kappa shape index (κ3) is 5.98. The third-order valence-electron chi connectivity index (χ3n) is 7.49. The predicted octanol–water partition coefficient (Wildman–Crippen LogP) is 7.34. The average molecular weight is 536 g/mol. The van der Waals surface area contributed by atoms with Gasteiger partial charge >= 0.3 is 0 Å². The molecule has 1 fully saturated rings. The number of ketones is 1. The van der Waals surface area contributed by atoms with Crippen molar-refractivity contribution in [1.29, 1.82) is 0 Å². The maximum atomic E-state index is 13.5. The van der Waals surface area contributed by atoms with Gasteiger partial charge in [-0.15, -0.1) is 0 Å². The van der Waals surface area contributed by atoms with Crippen molar-refractivity contribution in [1.82, 2.24) is 9.97 Å². The number of hydrogen-bond acceptors (Lipinski definition) is 4. The Labute approximate surface area is 207 Å². The monoisotopic (exact) mass is 534 g/mol. The molecule has 0 aliphatic heterocycles. The molecule has 33 heavy (non-hydrogen) atoms. The normalized spacial score (nSPS) is 24.0. The van der Waals surface area contributed by atoms with E-state index in [1.165, 1.54) is 17.7 Å². The zero-order valence-electron chi connectivity index (χ0n) is 20.8. The van der Waals surface area contributed by atoms with Crippen LogP contribution in [0.2, 0.25) is 18.1 Å². The molecule has 0 aromatic carbocycles. The van der Waals surface area contributed by atoms with Gasteiger partial charge in [-0.1, -0.05) is 34.6 Å². The fourth-order valence-electron chi connectivity index (χ4n) is 4.65. The van der Waals surface area contributed by atoms with E-state index in [-0.39, 0.29) is 33.6 Å². The summed E-state index contributed by atoms with van der Waals surface area (Å²) in [7, 11) is -1.85. The Balaban J connectivity index is 1.77. The molecule has 180 valence electrons. The molecule has 3 rings (SSSR count). The zero-order valence-corrected chi connectivity index (χ0v) is 23.4. The highest BCUT2D eigenvalue weighted by Crippen LogP contribution is 2.45. The molecule has 0 unspecified atom stereocenters. The van der Waals surface area contributed by atoms with Crippen molar-refractivity contribution in [3.05, 3.63) is 57.8 Å². The molecular weight excluding hydrogens is 499 g/mol. The molecule has 0 spiro atoms. The van der Waals surface area contributed by atoms with E-state index >= 15 is 0 Å². The number of hydrogen-bond donors (Lipinski definition) is 0. The van der Waals surface area contributed by atoms with E-state index in [9.17, 15) is 9.18 Å². The highest BCUT2D eigenvalue weighted by Gasteiger charge is 2.43. The molecular formula is C26H36BrFN2O2Si. The number of carbonyl (C=O) groups excluding carboxylic acids is 1. The van der Waals surface area contributed by atoms with Gasteiger partial charge in [0.2, 0.25) is 0 Å². The zero-order chi connectivity index (χ0) is 24.6. The molecule has 0 saturated heterocycles. The number of carbonyl (C=O) groups is 1. The summed E-state index contributed by atoms with van der Waals surface area (Å²) >= 11 is 3.07. The van der Waals surface area contributed by atoms with Gasteiger partial charge in [-0.25, -0.2) is 9.37 Å². The van der Waals surface area contributed by atoms with Crippen LogP contribution in [0.3, 0.4) is 0 Å². The molecule has 0 radical (unpaired) electrons. The van der Waals surface area contributed by atoms with Crippen LogP contribution in [0.1, 0.15) is 75.0 Å². The van der Waals surface area contributed by atoms with E-state index in [4.69, 9.17) is 4.43 Å². The molecule has 2 heterocycles. The molecule has 2 aromatic rings. The molecule has 0 amide bonds. The van der Waals surface area contributed by atoms with E-state index < -0.39 is 14.1 Å². The van der Waals surface area contributed by atoms with E-state index in [0.29, 0.717) is 17.8 Å². The van der Waals surface area contributed by atoms with Crippen molar-refractivity contribution in [2.45, 2.75) is 84.0 Å². The molecule has 0 bridgehead atoms. The van der Waals surface area contributed by atoms with Crippen LogP contribution in [-0.4, -0.2) is 30.2 Å². The van der Waals surface area contributed by atoms with Crippen LogP contribution in [-0.2, 0) is 10.8 Å². The van der Waals surface area contributed by atoms with Crippen molar-refractivity contribution in [3.63, 3.8) is 0 Å². The minimum Gasteiger partial charge on any atom is -0.413 e. The Bertz CT molecular complexity index is 996. The van der Waals surface area contributed by atoms with Crippen LogP contribution in [0.25, 0.3) is 0 Å². The smallest absolute Gasteiger partial charge is 0.192 e. The van der Waals surface area contributed by atoms with Gasteiger partial charge in [-0.3, -0.25) is 9.78 Å². The summed E-state index contributed by atoms with van der Waals surface area (Å²) in [5.41, 5.74) is 2.37. The van der Waals surface area contributed by atoms with Gasteiger partial charge in [0.1, 0.15) is 10.3 Å². The van der Waals surface area contributed by atoms with Crippen molar-refractivity contribution in [3.8, 4) is 0 Å². The van der Waals surface area contributed by atoms with Crippen LogP contribution >= 0.6 is 15.9 Å². The highest BCUT2D eigenvalue weighted by molar-refractivity contribution is 9.10. The first-order chi connectivity index (χ1) is 15.3. The second-order valence-electron chi connectivity index (χ2n) is 11.1. The number of rotatable bonds is 6. The lowest BCUT2D eigenvalue weighted by atomic mass is 9.71. The SMILES string of the molecule is C[C@@H]1CC(c2ccncc2CC(=O)c2ccc(F)c(Br)n2)C[C@@H](C)C1O[Si](C)(C)C(C)(C)C. The second kappa shape index (κ2) is 10.0. The fourth-order valence-corrected chi connectivity index (χ4v) is 6.47. The molecule has 2 atom stereocenters. The van der Waals surface area contributed by atoms with Crippen LogP contribution in [0.15, 0.2) is 35.2 Å². The summed E-state index contributed by atoms with van der Waals surface area (Å²) in [6, 6.07) is 4.75. The summed E-state index contributed by atoms with van der Waals surface area (Å²) in [6.07, 6.45) is 6.11. The molecule has 1 saturated carbocycles. The van der Waals surface area contributed by atoms with Crippen LogP contribution < -0.4 is 0 Å². The number of pyridine rings is 2. The molecule has 7 heteroatoms. The number of halogens is 2. The first-order valence-electron chi connectivity index (χ1n) is 11.8. The first-order valence-corrected chi connectivity index (χ1v) is 15.5. The Morgan fingerprint density at radius 1 is 1.18 bits per heavy atom. The lowest BCUT2D eigenvalue weighted by molar-refractivity contribution is 0.0347. The Hall–Kier alpha value is -1.44. The highest BCUT2D eigenvalue weighted by atomic mass is 79.9. The van der Waals surface area contributed by atoms with Gasteiger partial charge in [0.15, 0.2) is 19.9 Å². The van der Waals surface area contributed by atoms with Gasteiger partial charge in [0.05, 0.1) is 6.10 Å². The summed E-state index contributed by atoms with van der Waals surface area (Å²) in [5, 5.41) is 0.186. The maximum absolute atomic E-state index is 13.5. The Kier molecular flexibility index (Phi) is 7.96. The Morgan fingerprint density at radius 2 is 1.82 bits per heavy atom. The second-order valence-corrected chi connectivity index (χ2v) is 16.6. The minimum atomic E-state index is -1.85. The number of aromatic nitrogens is 2. The standard InChI is InChI=1S/C26H36BrFN2O2Si/c1-16-12-18(13-17(2)24(16)32-33(6,7)26(3,4)5)20-10-11-29-15-19(20)14-23(31)22-9-8-21(28)25(27)30-22/h8-11,15-18,24H,12-14H2,1-7H3/t16-,17-,18?,24?/m1/s1. The van der Waals surface area contributed by atoms with E-state index in [0.717, 1.165) is 18.4 Å². The molecule has 4 nitrogen and oxygen atoms in total. The van der Waals surface area contributed by atoms with Gasteiger partial charge in [-0.05, 0) is 94.0 Å². The van der Waals surface area contributed by atoms with E-state index in [1.54, 1.807) is 6.20 Å². The average Bonchev–Trinajstić information content (AvgIpc) is 2.72. The van der Waals surface area contributed by atoms with Crippen molar-refractivity contribution < 1.29 is 13.6 Å². The van der Waals surface area contributed by atoms with Gasteiger partial charge in [-0.2, -0.15) is 0 Å². The summed E-state index contributed by atoms with van der Waals surface area (Å²) < 4.78 is 20.4. The third-order valence-corrected chi connectivity index (χ3v) is 12.5. The first kappa shape index (κ1) is 26.2. The maximum Gasteiger partial charge on any atom is 0.192 e. The lowest BCUT2D eigenvalue weighted by Crippen LogP contribution is -2.49. The van der Waals surface area contributed by atoms with Crippen LogP contribution in [0, 0.1) is 17.7 Å². The predicted molar refractivity (Wildman–Crippen MR) is 137 cm³/mol. The van der Waals surface area contributed by atoms with E-state index in [2.05, 4.69) is 79.7 Å². The lowest BCUT2D eigenvalue weighted by Gasteiger charge is -2.46. The topological polar surface area (TPSA) is 52.1 Å². The Morgan fingerprint density at radius 3 is 2.39 bits per heavy atom. The van der Waals surface area contributed by atoms with Crippen LogP contribution in [0.4, 0.5) is 4.39 Å². The minimum absolute atomic E-state index is 0.0578. The van der Waals surface area contributed by atoms with Crippen molar-refractivity contribution in [2.75, 3.05) is 0 Å². The summed E-state index contributed by atoms with van der Waals surface area (Å²) in [4.78, 5) is 21.2. The fraction of sp³-hybridized carbons (Fsp3) is 0.577. The molecule has 2 aromatic heterocycles. The van der Waals surface area contributed by atoms with Gasteiger partial charge in [0.25, 0.3) is 0 Å². The molecule has 1 aliphatic carbocycles. The quantitative estimate of drug-likeness (QED) is 0.221. The van der Waals surface area contributed by atoms with Crippen LogP contribution in [0.5, 0.6) is 0 Å². The largest absolute Gasteiger partial charge is 0.413 e. The summed E-state index contributed by atoms with van der Waals surface area (Å²) in [6.45, 7) is 16.1. The molecule has 1 aliphatic rings.